The Balaban J connectivity index is 0. The van der Waals surface area contributed by atoms with E-state index in [1.807, 2.05) is 0 Å². The van der Waals surface area contributed by atoms with Gasteiger partial charge in [0.1, 0.15) is 0 Å². The summed E-state index contributed by atoms with van der Waals surface area (Å²) in [7, 11) is 0. The molecule has 0 heterocycles. The quantitative estimate of drug-likeness (QED) is 0.188. The molecule has 0 aromatic carbocycles. The Morgan fingerprint density at radius 1 is 0.909 bits per heavy atom. The van der Waals surface area contributed by atoms with Gasteiger partial charge < -0.3 is 9.90 Å². The van der Waals surface area contributed by atoms with Crippen LogP contribution < -0.4 is 34.7 Å². The molecule has 0 aliphatic carbocycles. The zero-order valence-electron chi connectivity index (χ0n) is 14.6. The summed E-state index contributed by atoms with van der Waals surface area (Å²) >= 11 is 3.11. The Kier molecular flexibility index (Phi) is 22.4. The molecule has 0 aromatic rings. The van der Waals surface area contributed by atoms with Crippen LogP contribution in [0, 0.1) is 0 Å². The van der Waals surface area contributed by atoms with Gasteiger partial charge in [-0.1, -0.05) is 86.4 Å². The van der Waals surface area contributed by atoms with E-state index >= 15 is 0 Å². The van der Waals surface area contributed by atoms with Crippen molar-refractivity contribution in [2.45, 2.75) is 95.2 Å². The number of carboxylic acids is 1. The fourth-order valence-electron chi connectivity index (χ4n) is 2.34. The smallest absolute Gasteiger partial charge is 0.549 e. The van der Waals surface area contributed by atoms with Crippen molar-refractivity contribution in [3.63, 3.8) is 0 Å². The second-order valence-corrected chi connectivity index (χ2v) is 6.91. The van der Waals surface area contributed by atoms with Crippen LogP contribution in [-0.2, 0) is 4.79 Å². The molecule has 0 aliphatic heterocycles. The Morgan fingerprint density at radius 2 is 1.36 bits per heavy atom. The molecule has 0 saturated carbocycles. The van der Waals surface area contributed by atoms with Gasteiger partial charge >= 0.3 is 29.6 Å². The topological polar surface area (TPSA) is 40.1 Å². The number of carbonyl (C=O) groups excluding carboxylic acids is 1. The van der Waals surface area contributed by atoms with E-state index in [0.717, 1.165) is 19.3 Å². The zero-order valence-corrected chi connectivity index (χ0v) is 18.2. The summed E-state index contributed by atoms with van der Waals surface area (Å²) in [6.45, 7) is 2.25. The van der Waals surface area contributed by atoms with E-state index in [1.54, 1.807) is 0 Å². The summed E-state index contributed by atoms with van der Waals surface area (Å²) in [4.78, 5) is 10.0. The number of allylic oxidation sites excluding steroid dienone is 2. The number of rotatable bonds is 15. The second kappa shape index (κ2) is 19.7. The molecule has 4 heteroatoms. The average molecular weight is 383 g/mol. The van der Waals surface area contributed by atoms with Crippen molar-refractivity contribution in [2.24, 2.45) is 0 Å². The van der Waals surface area contributed by atoms with Crippen LogP contribution in [0.15, 0.2) is 12.2 Å². The Bertz CT molecular complexity index is 270. The van der Waals surface area contributed by atoms with Gasteiger partial charge in [0.05, 0.1) is 10.8 Å². The Morgan fingerprint density at radius 3 is 1.86 bits per heavy atom. The molecule has 0 aliphatic rings. The van der Waals surface area contributed by atoms with Gasteiger partial charge in [0.15, 0.2) is 0 Å². The summed E-state index contributed by atoms with van der Waals surface area (Å²) in [6.07, 6.45) is 20.4. The predicted octanol–water partition coefficient (Wildman–Crippen LogP) is 2.15. The Labute approximate surface area is 167 Å². The first-order chi connectivity index (χ1) is 10.2. The molecule has 0 amide bonds. The van der Waals surface area contributed by atoms with Crippen LogP contribution in [0.3, 0.4) is 0 Å². The van der Waals surface area contributed by atoms with Crippen LogP contribution in [0.4, 0.5) is 0 Å². The van der Waals surface area contributed by atoms with E-state index in [1.165, 1.54) is 57.8 Å². The van der Waals surface area contributed by atoms with E-state index in [9.17, 15) is 9.90 Å². The third-order valence-electron chi connectivity index (χ3n) is 3.73. The maximum absolute atomic E-state index is 10.5. The molecule has 0 radical (unpaired) electrons. The van der Waals surface area contributed by atoms with Crippen LogP contribution in [0.1, 0.15) is 90.4 Å². The number of carbonyl (C=O) groups is 1. The Hall–Kier alpha value is 0.690. The molecule has 0 saturated heterocycles. The number of aliphatic carboxylic acids is 1. The van der Waals surface area contributed by atoms with Crippen LogP contribution in [0.5, 0.6) is 0 Å². The van der Waals surface area contributed by atoms with Gasteiger partial charge in [-0.2, -0.15) is 0 Å². The molecule has 0 fully saturated rings. The number of carboxylic acid groups (broad SMARTS) is 1. The van der Waals surface area contributed by atoms with Crippen molar-refractivity contribution in [1.29, 1.82) is 0 Å². The number of unbranched alkanes of at least 4 members (excludes halogenated alkanes) is 10. The first-order valence-electron chi connectivity index (χ1n) is 8.68. The molecule has 0 rings (SSSR count). The summed E-state index contributed by atoms with van der Waals surface area (Å²) in [5, 5.41) is 10.5. The first-order valence-corrected chi connectivity index (χ1v) is 9.60. The average Bonchev–Trinajstić information content (AvgIpc) is 2.47. The predicted molar refractivity (Wildman–Crippen MR) is 92.6 cm³/mol. The third-order valence-corrected chi connectivity index (χ3v) is 4.56. The van der Waals surface area contributed by atoms with Crippen molar-refractivity contribution in [3.8, 4) is 0 Å². The summed E-state index contributed by atoms with van der Waals surface area (Å²) in [6, 6.07) is 0. The van der Waals surface area contributed by atoms with Gasteiger partial charge in [0, 0.05) is 0 Å². The minimum Gasteiger partial charge on any atom is -0.549 e. The van der Waals surface area contributed by atoms with Crippen molar-refractivity contribution in [3.05, 3.63) is 12.2 Å². The molecular formula is C18H32BrNaO2. The molecule has 2 nitrogen and oxygen atoms in total. The van der Waals surface area contributed by atoms with Gasteiger partial charge in [-0.25, -0.2) is 0 Å². The summed E-state index contributed by atoms with van der Waals surface area (Å²) < 4.78 is 0. The minimum atomic E-state index is -0.993. The molecule has 1 atom stereocenters. The molecule has 1 unspecified atom stereocenters. The monoisotopic (exact) mass is 382 g/mol. The SMILES string of the molecule is CCCCCCCC/C=C\CCCCCCC(Br)C(=O)[O-].[Na+]. The molecule has 0 aromatic heterocycles. The van der Waals surface area contributed by atoms with Crippen LogP contribution in [0.25, 0.3) is 0 Å². The summed E-state index contributed by atoms with van der Waals surface area (Å²) in [5.41, 5.74) is 0. The third kappa shape index (κ3) is 18.7. The number of alkyl halides is 1. The molecule has 0 spiro atoms. The van der Waals surface area contributed by atoms with Gasteiger partial charge in [0.2, 0.25) is 0 Å². The van der Waals surface area contributed by atoms with Crippen LogP contribution in [-0.4, -0.2) is 10.8 Å². The van der Waals surface area contributed by atoms with Gasteiger partial charge in [-0.15, -0.1) is 0 Å². The fraction of sp³-hybridized carbons (Fsp3) is 0.833. The van der Waals surface area contributed by atoms with Gasteiger partial charge in [0.25, 0.3) is 0 Å². The van der Waals surface area contributed by atoms with Crippen molar-refractivity contribution < 1.29 is 39.5 Å². The first kappa shape index (κ1) is 24.9. The maximum atomic E-state index is 10.5. The van der Waals surface area contributed by atoms with E-state index in [0.29, 0.717) is 6.42 Å². The normalized spacial score (nSPS) is 12.3. The molecule has 124 valence electrons. The largest absolute Gasteiger partial charge is 1.00 e. The number of halogens is 1. The maximum Gasteiger partial charge on any atom is 1.00 e. The second-order valence-electron chi connectivity index (χ2n) is 5.81. The molecule has 0 N–H and O–H groups in total. The van der Waals surface area contributed by atoms with Gasteiger partial charge in [-0.05, 0) is 32.1 Å². The molecular weight excluding hydrogens is 351 g/mol. The van der Waals surface area contributed by atoms with E-state index in [4.69, 9.17) is 0 Å². The van der Waals surface area contributed by atoms with E-state index < -0.39 is 10.8 Å². The van der Waals surface area contributed by atoms with E-state index in [2.05, 4.69) is 35.0 Å². The number of hydrogen-bond acceptors (Lipinski definition) is 2. The molecule has 0 bridgehead atoms. The van der Waals surface area contributed by atoms with Crippen molar-refractivity contribution >= 4 is 21.9 Å². The standard InChI is InChI=1S/C18H33BrO2.Na/c1-2-3-4-5-6-7-8-9-10-11-12-13-14-15-16-17(19)18(20)21;/h9-10,17H,2-8,11-16H2,1H3,(H,20,21);/q;+1/p-1/b10-9-;. The van der Waals surface area contributed by atoms with E-state index in [-0.39, 0.29) is 29.6 Å². The van der Waals surface area contributed by atoms with Crippen molar-refractivity contribution in [2.75, 3.05) is 0 Å². The van der Waals surface area contributed by atoms with Gasteiger partial charge in [-0.3, -0.25) is 0 Å². The minimum absolute atomic E-state index is 0. The summed E-state index contributed by atoms with van der Waals surface area (Å²) in [5.74, 6) is -0.993. The van der Waals surface area contributed by atoms with Crippen LogP contribution in [0.2, 0.25) is 0 Å². The molecule has 22 heavy (non-hydrogen) atoms. The number of hydrogen-bond donors (Lipinski definition) is 0. The van der Waals surface area contributed by atoms with Crippen LogP contribution >= 0.6 is 15.9 Å². The van der Waals surface area contributed by atoms with Crippen molar-refractivity contribution in [1.82, 2.24) is 0 Å². The zero-order chi connectivity index (χ0) is 15.8. The fourth-order valence-corrected chi connectivity index (χ4v) is 2.66.